The van der Waals surface area contributed by atoms with E-state index in [0.717, 1.165) is 41.8 Å². The lowest BCUT2D eigenvalue weighted by atomic mass is 9.77. The molecule has 3 aromatic carbocycles. The predicted octanol–water partition coefficient (Wildman–Crippen LogP) is 8.04. The lowest BCUT2D eigenvalue weighted by Gasteiger charge is -2.36. The number of hydrogen-bond donors (Lipinski definition) is 0. The fraction of sp³-hybridized carbons (Fsp3) is 0.323. The highest BCUT2D eigenvalue weighted by Gasteiger charge is 2.40. The zero-order valence-corrected chi connectivity index (χ0v) is 23.4. The van der Waals surface area contributed by atoms with Crippen molar-refractivity contribution in [3.05, 3.63) is 120 Å². The molecule has 0 radical (unpaired) electrons. The number of ether oxygens (including phenoxy) is 1. The van der Waals surface area contributed by atoms with Crippen LogP contribution in [0.5, 0.6) is 0 Å². The lowest BCUT2D eigenvalue weighted by molar-refractivity contribution is 0.345. The molecule has 37 heavy (non-hydrogen) atoms. The summed E-state index contributed by atoms with van der Waals surface area (Å²) >= 11 is 7.11. The molecule has 0 aliphatic rings. The second-order valence-electron chi connectivity index (χ2n) is 9.06. The van der Waals surface area contributed by atoms with Crippen LogP contribution < -0.4 is 0 Å². The van der Waals surface area contributed by atoms with E-state index in [-0.39, 0.29) is 5.25 Å². The minimum atomic E-state index is -0.681. The van der Waals surface area contributed by atoms with E-state index in [2.05, 4.69) is 86.6 Å². The molecule has 0 saturated carbocycles. The number of rotatable bonds is 11. The molecule has 0 spiro atoms. The van der Waals surface area contributed by atoms with Crippen molar-refractivity contribution in [2.75, 3.05) is 6.61 Å². The van der Waals surface area contributed by atoms with Gasteiger partial charge in [-0.15, -0.1) is 0 Å². The van der Waals surface area contributed by atoms with Crippen molar-refractivity contribution in [1.82, 2.24) is 14.8 Å². The molecule has 1 aromatic heterocycles. The summed E-state index contributed by atoms with van der Waals surface area (Å²) in [7, 11) is 0. The molecule has 1 unspecified atom stereocenters. The third kappa shape index (κ3) is 5.97. The van der Waals surface area contributed by atoms with E-state index >= 15 is 0 Å². The van der Waals surface area contributed by atoms with E-state index in [1.165, 1.54) is 0 Å². The maximum atomic E-state index is 5.66. The molecule has 0 N–H and O–H groups in total. The fourth-order valence-corrected chi connectivity index (χ4v) is 6.39. The first-order valence-corrected chi connectivity index (χ1v) is 14.3. The first kappa shape index (κ1) is 27.1. The lowest BCUT2D eigenvalue weighted by Crippen LogP contribution is -2.38. The Morgan fingerprint density at radius 3 is 1.76 bits per heavy atom. The van der Waals surface area contributed by atoms with Crippen LogP contribution in [0, 0.1) is 5.92 Å². The Labute approximate surface area is 230 Å². The van der Waals surface area contributed by atoms with Gasteiger partial charge in [-0.25, -0.2) is 9.67 Å². The van der Waals surface area contributed by atoms with Crippen LogP contribution in [0.3, 0.4) is 0 Å². The minimum absolute atomic E-state index is 0.0187. The van der Waals surface area contributed by atoms with E-state index in [1.807, 2.05) is 36.1 Å². The number of benzene rings is 3. The monoisotopic (exact) mass is 529 g/mol. The Kier molecular flexibility index (Phi) is 9.53. The number of thioether (sulfide) groups is 1. The molecule has 4 nitrogen and oxygen atoms in total. The molecule has 0 aliphatic carbocycles. The summed E-state index contributed by atoms with van der Waals surface area (Å²) in [5.41, 5.74) is 2.69. The van der Waals surface area contributed by atoms with Gasteiger partial charge in [-0.05, 0) is 48.2 Å². The van der Waals surface area contributed by atoms with Crippen LogP contribution in [0.25, 0.3) is 0 Å². The van der Waals surface area contributed by atoms with Gasteiger partial charge in [0.2, 0.25) is 4.38 Å². The molecular formula is C31H35N3OS2. The molecule has 0 amide bonds. The van der Waals surface area contributed by atoms with Gasteiger partial charge in [-0.3, -0.25) is 0 Å². The van der Waals surface area contributed by atoms with E-state index in [9.17, 15) is 0 Å². The molecule has 0 bridgehead atoms. The SMILES string of the molecule is CCOC(=S)SC(CC(CC)CC)c1ncn(C(c2ccccc2)(c2ccccc2)c2ccccc2)n1. The second-order valence-corrected chi connectivity index (χ2v) is 10.9. The van der Waals surface area contributed by atoms with Crippen molar-refractivity contribution in [2.24, 2.45) is 5.92 Å². The molecule has 6 heteroatoms. The maximum Gasteiger partial charge on any atom is 0.220 e. The van der Waals surface area contributed by atoms with Gasteiger partial charge in [-0.1, -0.05) is 129 Å². The highest BCUT2D eigenvalue weighted by Crippen LogP contribution is 2.42. The summed E-state index contributed by atoms with van der Waals surface area (Å²) in [5.74, 6) is 1.35. The minimum Gasteiger partial charge on any atom is -0.479 e. The molecular weight excluding hydrogens is 494 g/mol. The molecule has 1 atom stereocenters. The number of thiocarbonyl (C=S) groups is 1. The normalized spacial score (nSPS) is 12.4. The third-order valence-electron chi connectivity index (χ3n) is 6.92. The molecule has 0 fully saturated rings. The van der Waals surface area contributed by atoms with Crippen molar-refractivity contribution >= 4 is 28.4 Å². The molecule has 1 heterocycles. The highest BCUT2D eigenvalue weighted by atomic mass is 32.2. The van der Waals surface area contributed by atoms with Gasteiger partial charge in [0.15, 0.2) is 5.82 Å². The van der Waals surface area contributed by atoms with Gasteiger partial charge in [-0.2, -0.15) is 5.10 Å². The van der Waals surface area contributed by atoms with E-state index in [1.54, 1.807) is 11.8 Å². The molecule has 0 saturated heterocycles. The Morgan fingerprint density at radius 1 is 0.838 bits per heavy atom. The molecule has 4 aromatic rings. The van der Waals surface area contributed by atoms with Gasteiger partial charge in [0.1, 0.15) is 11.9 Å². The van der Waals surface area contributed by atoms with Crippen LogP contribution in [-0.2, 0) is 10.3 Å². The van der Waals surface area contributed by atoms with Crippen LogP contribution in [0.2, 0.25) is 0 Å². The fourth-order valence-electron chi connectivity index (χ4n) is 4.92. The van der Waals surface area contributed by atoms with Gasteiger partial charge in [0, 0.05) is 0 Å². The Balaban J connectivity index is 1.89. The zero-order chi connectivity index (χ0) is 26.1. The van der Waals surface area contributed by atoms with Crippen LogP contribution in [0.1, 0.15) is 67.8 Å². The van der Waals surface area contributed by atoms with Crippen LogP contribution in [-0.4, -0.2) is 25.8 Å². The summed E-state index contributed by atoms with van der Waals surface area (Å²) < 4.78 is 8.24. The van der Waals surface area contributed by atoms with Gasteiger partial charge < -0.3 is 4.74 Å². The van der Waals surface area contributed by atoms with E-state index in [4.69, 9.17) is 27.0 Å². The van der Waals surface area contributed by atoms with Crippen molar-refractivity contribution < 1.29 is 4.74 Å². The summed E-state index contributed by atoms with van der Waals surface area (Å²) in [4.78, 5) is 4.91. The average Bonchev–Trinajstić information content (AvgIpc) is 3.44. The van der Waals surface area contributed by atoms with Crippen molar-refractivity contribution in [2.45, 2.75) is 50.8 Å². The van der Waals surface area contributed by atoms with Gasteiger partial charge in [0.25, 0.3) is 0 Å². The van der Waals surface area contributed by atoms with Crippen molar-refractivity contribution in [1.29, 1.82) is 0 Å². The quantitative estimate of drug-likeness (QED) is 0.145. The number of hydrogen-bond acceptors (Lipinski definition) is 5. The third-order valence-corrected chi connectivity index (χ3v) is 8.32. The molecule has 4 rings (SSSR count). The average molecular weight is 530 g/mol. The van der Waals surface area contributed by atoms with Gasteiger partial charge in [0.05, 0.1) is 11.9 Å². The summed E-state index contributed by atoms with van der Waals surface area (Å²) in [6.07, 6.45) is 5.05. The zero-order valence-electron chi connectivity index (χ0n) is 21.8. The Bertz CT molecular complexity index is 1140. The van der Waals surface area contributed by atoms with E-state index < -0.39 is 5.54 Å². The van der Waals surface area contributed by atoms with E-state index in [0.29, 0.717) is 16.9 Å². The standard InChI is InChI=1S/C31H35N3OS2/c1-4-24(5-2)22-28(37-30(36)35-6-3)29-32-23-34(33-29)31(25-16-10-7-11-17-25,26-18-12-8-13-19-26)27-20-14-9-15-21-27/h7-21,23-24,28H,4-6,22H2,1-3H3. The van der Waals surface area contributed by atoms with Crippen LogP contribution in [0.4, 0.5) is 0 Å². The Morgan fingerprint density at radius 2 is 1.32 bits per heavy atom. The van der Waals surface area contributed by atoms with Gasteiger partial charge >= 0.3 is 0 Å². The number of aromatic nitrogens is 3. The van der Waals surface area contributed by atoms with Crippen molar-refractivity contribution in [3.8, 4) is 0 Å². The summed E-state index contributed by atoms with van der Waals surface area (Å²) in [6, 6.07) is 31.7. The van der Waals surface area contributed by atoms with Crippen LogP contribution in [0.15, 0.2) is 97.3 Å². The second kappa shape index (κ2) is 13.0. The Hall–Kier alpha value is -2.96. The largest absolute Gasteiger partial charge is 0.479 e. The summed E-state index contributed by atoms with van der Waals surface area (Å²) in [5, 5.41) is 5.24. The first-order chi connectivity index (χ1) is 18.1. The molecule has 192 valence electrons. The topological polar surface area (TPSA) is 39.9 Å². The summed E-state index contributed by atoms with van der Waals surface area (Å²) in [6.45, 7) is 7.01. The highest BCUT2D eigenvalue weighted by molar-refractivity contribution is 8.22. The molecule has 0 aliphatic heterocycles. The predicted molar refractivity (Wildman–Crippen MR) is 158 cm³/mol. The number of nitrogens with zero attached hydrogens (tertiary/aromatic N) is 3. The smallest absolute Gasteiger partial charge is 0.220 e. The first-order valence-electron chi connectivity index (χ1n) is 13.0. The maximum absolute atomic E-state index is 5.66. The van der Waals surface area contributed by atoms with Crippen molar-refractivity contribution in [3.63, 3.8) is 0 Å². The van der Waals surface area contributed by atoms with Crippen LogP contribution >= 0.6 is 24.0 Å².